The van der Waals surface area contributed by atoms with Gasteiger partial charge in [0, 0.05) is 19.3 Å². The minimum absolute atomic E-state index is 0.0194. The maximum atomic E-state index is 12.3. The Morgan fingerprint density at radius 1 is 0.867 bits per heavy atom. The molecular formula is C23H28N2O5. The molecule has 0 unspecified atom stereocenters. The Kier molecular flexibility index (Phi) is 8.87. The molecule has 0 aliphatic carbocycles. The molecule has 2 aromatic carbocycles. The normalized spacial score (nSPS) is 12.4. The minimum atomic E-state index is -0.870. The Bertz CT molecular complexity index is 854. The summed E-state index contributed by atoms with van der Waals surface area (Å²) in [6.07, 6.45) is 0.206. The molecule has 0 radical (unpaired) electrons. The van der Waals surface area contributed by atoms with Gasteiger partial charge in [-0.25, -0.2) is 4.79 Å². The number of benzene rings is 2. The van der Waals surface area contributed by atoms with Crippen LogP contribution in [0.25, 0.3) is 0 Å². The highest BCUT2D eigenvalue weighted by atomic mass is 16.5. The molecule has 0 saturated heterocycles. The zero-order chi connectivity index (χ0) is 21.9. The molecule has 0 bridgehead atoms. The van der Waals surface area contributed by atoms with Crippen molar-refractivity contribution in [2.24, 2.45) is 0 Å². The molecule has 0 saturated carbocycles. The highest BCUT2D eigenvalue weighted by Gasteiger charge is 2.23. The predicted molar refractivity (Wildman–Crippen MR) is 113 cm³/mol. The lowest BCUT2D eigenvalue weighted by atomic mass is 10.0. The van der Waals surface area contributed by atoms with Crippen molar-refractivity contribution in [1.82, 2.24) is 10.6 Å². The highest BCUT2D eigenvalue weighted by molar-refractivity contribution is 5.87. The van der Waals surface area contributed by atoms with Gasteiger partial charge in [0.1, 0.15) is 11.8 Å². The van der Waals surface area contributed by atoms with Gasteiger partial charge in [0.05, 0.1) is 20.3 Å². The summed E-state index contributed by atoms with van der Waals surface area (Å²) >= 11 is 0. The summed E-state index contributed by atoms with van der Waals surface area (Å²) in [5, 5.41) is 5.53. The van der Waals surface area contributed by atoms with E-state index in [0.717, 1.165) is 11.1 Å². The summed E-state index contributed by atoms with van der Waals surface area (Å²) in [5.41, 5.74) is 1.75. The Morgan fingerprint density at radius 2 is 1.47 bits per heavy atom. The highest BCUT2D eigenvalue weighted by Crippen LogP contribution is 2.19. The van der Waals surface area contributed by atoms with E-state index in [0.29, 0.717) is 5.75 Å². The van der Waals surface area contributed by atoms with Crippen LogP contribution in [0.5, 0.6) is 5.75 Å². The van der Waals surface area contributed by atoms with E-state index in [1.807, 2.05) is 55.5 Å². The summed E-state index contributed by atoms with van der Waals surface area (Å²) in [7, 11) is 2.81. The van der Waals surface area contributed by atoms with Crippen LogP contribution in [0.4, 0.5) is 0 Å². The van der Waals surface area contributed by atoms with Gasteiger partial charge in [0.15, 0.2) is 0 Å². The van der Waals surface area contributed by atoms with Crippen molar-refractivity contribution in [2.45, 2.75) is 38.3 Å². The second kappa shape index (κ2) is 11.6. The number of carbonyl (C=O) groups is 3. The number of hydrogen-bond donors (Lipinski definition) is 2. The number of amides is 2. The van der Waals surface area contributed by atoms with Crippen LogP contribution in [-0.2, 0) is 25.5 Å². The molecule has 7 nitrogen and oxygen atoms in total. The van der Waals surface area contributed by atoms with Gasteiger partial charge >= 0.3 is 5.97 Å². The molecule has 0 fully saturated rings. The number of rotatable bonds is 10. The van der Waals surface area contributed by atoms with Crippen molar-refractivity contribution in [3.8, 4) is 5.75 Å². The summed E-state index contributed by atoms with van der Waals surface area (Å²) in [6, 6.07) is 15.8. The Hall–Kier alpha value is -3.35. The largest absolute Gasteiger partial charge is 0.496 e. The number of methoxy groups -OCH3 is 2. The summed E-state index contributed by atoms with van der Waals surface area (Å²) in [6.45, 7) is 1.88. The van der Waals surface area contributed by atoms with Crippen LogP contribution in [0.15, 0.2) is 54.6 Å². The molecule has 2 amide bonds. The molecule has 2 rings (SSSR count). The SMILES string of the molecule is COC(=O)[C@H](Cc1ccccc1OC)NC(=O)CCC(=O)N[C@H](C)c1ccccc1. The van der Waals surface area contributed by atoms with Crippen molar-refractivity contribution < 1.29 is 23.9 Å². The summed E-state index contributed by atoms with van der Waals surface area (Å²) in [4.78, 5) is 36.7. The number of hydrogen-bond acceptors (Lipinski definition) is 5. The number of carbonyl (C=O) groups excluding carboxylic acids is 3. The van der Waals surface area contributed by atoms with Crippen LogP contribution in [0.1, 0.15) is 36.9 Å². The second-order valence-electron chi connectivity index (χ2n) is 6.86. The van der Waals surface area contributed by atoms with E-state index >= 15 is 0 Å². The average molecular weight is 412 g/mol. The van der Waals surface area contributed by atoms with Crippen LogP contribution in [0.2, 0.25) is 0 Å². The third-order valence-corrected chi connectivity index (χ3v) is 4.69. The topological polar surface area (TPSA) is 93.7 Å². The van der Waals surface area contributed by atoms with E-state index in [1.54, 1.807) is 13.2 Å². The van der Waals surface area contributed by atoms with Crippen LogP contribution in [0, 0.1) is 0 Å². The van der Waals surface area contributed by atoms with Crippen molar-refractivity contribution in [1.29, 1.82) is 0 Å². The first-order chi connectivity index (χ1) is 14.4. The monoisotopic (exact) mass is 412 g/mol. The van der Waals surface area contributed by atoms with Gasteiger partial charge < -0.3 is 20.1 Å². The molecule has 7 heteroatoms. The zero-order valence-electron chi connectivity index (χ0n) is 17.5. The number of nitrogens with one attached hydrogen (secondary N) is 2. The first-order valence-electron chi connectivity index (χ1n) is 9.78. The third-order valence-electron chi connectivity index (χ3n) is 4.69. The van der Waals surface area contributed by atoms with Crippen LogP contribution >= 0.6 is 0 Å². The van der Waals surface area contributed by atoms with Gasteiger partial charge in [0.25, 0.3) is 0 Å². The van der Waals surface area contributed by atoms with Crippen LogP contribution in [-0.4, -0.2) is 38.0 Å². The lowest BCUT2D eigenvalue weighted by Gasteiger charge is -2.18. The number of esters is 1. The molecule has 0 aliphatic rings. The van der Waals surface area contributed by atoms with Gasteiger partial charge in [-0.2, -0.15) is 0 Å². The lowest BCUT2D eigenvalue weighted by Crippen LogP contribution is -2.43. The van der Waals surface area contributed by atoms with Crippen molar-refractivity contribution in [3.05, 3.63) is 65.7 Å². The number of para-hydroxylation sites is 1. The molecule has 160 valence electrons. The number of ether oxygens (including phenoxy) is 2. The third kappa shape index (κ3) is 6.92. The van der Waals surface area contributed by atoms with Crippen molar-refractivity contribution in [2.75, 3.05) is 14.2 Å². The molecule has 0 aromatic heterocycles. The van der Waals surface area contributed by atoms with Gasteiger partial charge in [-0.05, 0) is 24.1 Å². The molecule has 2 N–H and O–H groups in total. The molecule has 2 aromatic rings. The van der Waals surface area contributed by atoms with Crippen molar-refractivity contribution in [3.63, 3.8) is 0 Å². The molecule has 2 atom stereocenters. The Morgan fingerprint density at radius 3 is 2.10 bits per heavy atom. The molecular weight excluding hydrogens is 384 g/mol. The smallest absolute Gasteiger partial charge is 0.328 e. The maximum absolute atomic E-state index is 12.3. The molecule has 30 heavy (non-hydrogen) atoms. The molecule has 0 spiro atoms. The lowest BCUT2D eigenvalue weighted by molar-refractivity contribution is -0.145. The fourth-order valence-corrected chi connectivity index (χ4v) is 3.06. The second-order valence-corrected chi connectivity index (χ2v) is 6.86. The fourth-order valence-electron chi connectivity index (χ4n) is 3.06. The van der Waals surface area contributed by atoms with Gasteiger partial charge in [-0.15, -0.1) is 0 Å². The van der Waals surface area contributed by atoms with E-state index in [9.17, 15) is 14.4 Å². The first kappa shape index (κ1) is 22.9. The molecule has 0 heterocycles. The van der Waals surface area contributed by atoms with Gasteiger partial charge in [0.2, 0.25) is 11.8 Å². The van der Waals surface area contributed by atoms with E-state index in [4.69, 9.17) is 9.47 Å². The van der Waals surface area contributed by atoms with Crippen LogP contribution in [0.3, 0.4) is 0 Å². The van der Waals surface area contributed by atoms with Gasteiger partial charge in [-0.1, -0.05) is 48.5 Å². The summed E-state index contributed by atoms with van der Waals surface area (Å²) < 4.78 is 10.1. The minimum Gasteiger partial charge on any atom is -0.496 e. The maximum Gasteiger partial charge on any atom is 0.328 e. The van der Waals surface area contributed by atoms with E-state index in [1.165, 1.54) is 7.11 Å². The summed E-state index contributed by atoms with van der Waals surface area (Å²) in [5.74, 6) is -0.574. The van der Waals surface area contributed by atoms with Crippen molar-refractivity contribution >= 4 is 17.8 Å². The van der Waals surface area contributed by atoms with Crippen LogP contribution < -0.4 is 15.4 Å². The van der Waals surface area contributed by atoms with E-state index in [-0.39, 0.29) is 31.2 Å². The Balaban J connectivity index is 1.89. The predicted octanol–water partition coefficient (Wildman–Crippen LogP) is 2.55. The first-order valence-corrected chi connectivity index (χ1v) is 9.78. The zero-order valence-corrected chi connectivity index (χ0v) is 17.5. The van der Waals surface area contributed by atoms with E-state index < -0.39 is 17.9 Å². The van der Waals surface area contributed by atoms with Gasteiger partial charge in [-0.3, -0.25) is 9.59 Å². The fraction of sp³-hybridized carbons (Fsp3) is 0.348. The molecule has 0 aliphatic heterocycles. The standard InChI is InChI=1S/C23H28N2O5/c1-16(17-9-5-4-6-10-17)24-21(26)13-14-22(27)25-19(23(28)30-3)15-18-11-7-8-12-20(18)29-2/h4-12,16,19H,13-15H2,1-3H3,(H,24,26)(H,25,27)/t16-,19+/m1/s1. The van der Waals surface area contributed by atoms with E-state index in [2.05, 4.69) is 10.6 Å². The Labute approximate surface area is 176 Å². The average Bonchev–Trinajstić information content (AvgIpc) is 2.77. The quantitative estimate of drug-likeness (QED) is 0.585.